The molecule has 0 saturated carbocycles. The Morgan fingerprint density at radius 2 is 1.64 bits per heavy atom. The molecule has 1 saturated heterocycles. The monoisotopic (exact) mass is 411 g/mol. The van der Waals surface area contributed by atoms with Gasteiger partial charge in [0, 0.05) is 32.7 Å². The van der Waals surface area contributed by atoms with E-state index in [0.29, 0.717) is 10.0 Å². The summed E-state index contributed by atoms with van der Waals surface area (Å²) < 4.78 is 0. The molecule has 3 nitrogen and oxygen atoms in total. The average Bonchev–Trinajstić information content (AvgIpc) is 2.72. The van der Waals surface area contributed by atoms with Gasteiger partial charge in [-0.2, -0.15) is 5.10 Å². The van der Waals surface area contributed by atoms with Crippen molar-refractivity contribution in [2.45, 2.75) is 13.5 Å². The van der Waals surface area contributed by atoms with E-state index in [4.69, 9.17) is 28.3 Å². The predicted octanol–water partition coefficient (Wildman–Crippen LogP) is 5.69. The summed E-state index contributed by atoms with van der Waals surface area (Å²) in [5.74, 6) is 0. The Morgan fingerprint density at radius 1 is 0.893 bits per heavy atom. The first-order chi connectivity index (χ1) is 13.6. The fourth-order valence-electron chi connectivity index (χ4n) is 3.66. The Balaban J connectivity index is 1.39. The number of fused-ring (bicyclic) bond motifs is 1. The van der Waals surface area contributed by atoms with Gasteiger partial charge in [-0.1, -0.05) is 71.7 Å². The van der Waals surface area contributed by atoms with Crippen molar-refractivity contribution in [1.82, 2.24) is 9.91 Å². The zero-order chi connectivity index (χ0) is 19.5. The smallest absolute Gasteiger partial charge is 0.0647 e. The molecule has 0 bridgehead atoms. The number of nitrogens with zero attached hydrogens (tertiary/aromatic N) is 3. The Labute approximate surface area is 176 Å². The maximum atomic E-state index is 6.13. The molecule has 3 aromatic rings. The fourth-order valence-corrected chi connectivity index (χ4v) is 3.96. The highest BCUT2D eigenvalue weighted by Gasteiger charge is 2.17. The van der Waals surface area contributed by atoms with Gasteiger partial charge in [-0.3, -0.25) is 9.91 Å². The SMILES string of the molecule is C/C(=N/N1CCN(Cc2cccc3ccccc23)CC1)c1ccc(Cl)c(Cl)c1. The van der Waals surface area contributed by atoms with E-state index in [1.807, 2.05) is 25.1 Å². The first kappa shape index (κ1) is 19.3. The molecular weight excluding hydrogens is 389 g/mol. The van der Waals surface area contributed by atoms with Crippen LogP contribution in [0.2, 0.25) is 10.0 Å². The maximum absolute atomic E-state index is 6.13. The van der Waals surface area contributed by atoms with E-state index in [0.717, 1.165) is 44.0 Å². The lowest BCUT2D eigenvalue weighted by atomic mass is 10.0. The van der Waals surface area contributed by atoms with Crippen LogP contribution in [-0.4, -0.2) is 41.8 Å². The van der Waals surface area contributed by atoms with Crippen molar-refractivity contribution in [2.75, 3.05) is 26.2 Å². The highest BCUT2D eigenvalue weighted by Crippen LogP contribution is 2.23. The lowest BCUT2D eigenvalue weighted by molar-refractivity contribution is 0.131. The molecule has 0 N–H and O–H groups in total. The van der Waals surface area contributed by atoms with Gasteiger partial charge in [0.05, 0.1) is 15.8 Å². The van der Waals surface area contributed by atoms with Crippen LogP contribution in [0.4, 0.5) is 0 Å². The maximum Gasteiger partial charge on any atom is 0.0647 e. The summed E-state index contributed by atoms with van der Waals surface area (Å²) in [7, 11) is 0. The average molecular weight is 412 g/mol. The molecule has 144 valence electrons. The highest BCUT2D eigenvalue weighted by atomic mass is 35.5. The van der Waals surface area contributed by atoms with E-state index in [1.165, 1.54) is 16.3 Å². The van der Waals surface area contributed by atoms with E-state index < -0.39 is 0 Å². The van der Waals surface area contributed by atoms with Gasteiger partial charge in [0.2, 0.25) is 0 Å². The van der Waals surface area contributed by atoms with Crippen LogP contribution in [0.1, 0.15) is 18.1 Å². The number of halogens is 2. The molecular formula is C23H23Cl2N3. The Bertz CT molecular complexity index is 1000. The Kier molecular flexibility index (Phi) is 5.86. The number of hydrogen-bond donors (Lipinski definition) is 0. The number of hydrazone groups is 1. The normalized spacial score (nSPS) is 16.0. The Morgan fingerprint density at radius 3 is 2.43 bits per heavy atom. The third-order valence-corrected chi connectivity index (χ3v) is 5.99. The van der Waals surface area contributed by atoms with Crippen molar-refractivity contribution < 1.29 is 0 Å². The topological polar surface area (TPSA) is 18.8 Å². The molecule has 0 atom stereocenters. The molecule has 28 heavy (non-hydrogen) atoms. The van der Waals surface area contributed by atoms with Gasteiger partial charge >= 0.3 is 0 Å². The number of piperazine rings is 1. The van der Waals surface area contributed by atoms with Crippen molar-refractivity contribution in [2.24, 2.45) is 5.10 Å². The van der Waals surface area contributed by atoms with Crippen molar-refractivity contribution in [3.63, 3.8) is 0 Å². The lowest BCUT2D eigenvalue weighted by Gasteiger charge is -2.33. The van der Waals surface area contributed by atoms with Crippen LogP contribution in [0.3, 0.4) is 0 Å². The van der Waals surface area contributed by atoms with Gasteiger partial charge in [-0.15, -0.1) is 0 Å². The summed E-state index contributed by atoms with van der Waals surface area (Å²) in [6, 6.07) is 20.8. The van der Waals surface area contributed by atoms with E-state index in [-0.39, 0.29) is 0 Å². The van der Waals surface area contributed by atoms with Crippen LogP contribution >= 0.6 is 23.2 Å². The molecule has 1 aliphatic rings. The zero-order valence-corrected chi connectivity index (χ0v) is 17.4. The summed E-state index contributed by atoms with van der Waals surface area (Å²) in [5.41, 5.74) is 3.36. The van der Waals surface area contributed by atoms with Crippen LogP contribution in [-0.2, 0) is 6.54 Å². The second-order valence-electron chi connectivity index (χ2n) is 7.18. The first-order valence-electron chi connectivity index (χ1n) is 9.55. The van der Waals surface area contributed by atoms with Gasteiger partial charge in [0.25, 0.3) is 0 Å². The molecule has 3 aromatic carbocycles. The molecule has 0 radical (unpaired) electrons. The van der Waals surface area contributed by atoms with Gasteiger partial charge in [-0.05, 0) is 41.0 Å². The molecule has 0 aromatic heterocycles. The minimum absolute atomic E-state index is 0.564. The quantitative estimate of drug-likeness (QED) is 0.513. The van der Waals surface area contributed by atoms with Crippen molar-refractivity contribution in [3.8, 4) is 0 Å². The molecule has 1 heterocycles. The summed E-state index contributed by atoms with van der Waals surface area (Å²) in [6.45, 7) is 6.84. The van der Waals surface area contributed by atoms with Crippen LogP contribution in [0.25, 0.3) is 10.8 Å². The van der Waals surface area contributed by atoms with E-state index >= 15 is 0 Å². The summed E-state index contributed by atoms with van der Waals surface area (Å²) in [4.78, 5) is 2.50. The third kappa shape index (κ3) is 4.33. The molecule has 4 rings (SSSR count). The van der Waals surface area contributed by atoms with Crippen molar-refractivity contribution >= 4 is 39.7 Å². The zero-order valence-electron chi connectivity index (χ0n) is 15.9. The largest absolute Gasteiger partial charge is 0.295 e. The summed E-state index contributed by atoms with van der Waals surface area (Å²) in [5, 5.41) is 10.7. The minimum atomic E-state index is 0.564. The van der Waals surface area contributed by atoms with E-state index in [9.17, 15) is 0 Å². The first-order valence-corrected chi connectivity index (χ1v) is 10.3. The van der Waals surface area contributed by atoms with Crippen molar-refractivity contribution in [1.29, 1.82) is 0 Å². The molecule has 5 heteroatoms. The van der Waals surface area contributed by atoms with E-state index in [1.54, 1.807) is 0 Å². The number of rotatable bonds is 4. The van der Waals surface area contributed by atoms with Gasteiger partial charge in [-0.25, -0.2) is 0 Å². The van der Waals surface area contributed by atoms with Crippen molar-refractivity contribution in [3.05, 3.63) is 81.8 Å². The molecule has 0 unspecified atom stereocenters. The van der Waals surface area contributed by atoms with Crippen LogP contribution in [0.5, 0.6) is 0 Å². The summed E-state index contributed by atoms with van der Waals surface area (Å²) >= 11 is 12.1. The molecule has 0 aliphatic carbocycles. The van der Waals surface area contributed by atoms with Crippen LogP contribution < -0.4 is 0 Å². The lowest BCUT2D eigenvalue weighted by Crippen LogP contribution is -2.43. The minimum Gasteiger partial charge on any atom is -0.295 e. The second kappa shape index (κ2) is 8.52. The molecule has 0 amide bonds. The van der Waals surface area contributed by atoms with E-state index in [2.05, 4.69) is 52.4 Å². The Hall–Kier alpha value is -2.07. The van der Waals surface area contributed by atoms with Crippen LogP contribution in [0.15, 0.2) is 65.8 Å². The van der Waals surface area contributed by atoms with Crippen LogP contribution in [0, 0.1) is 0 Å². The van der Waals surface area contributed by atoms with Gasteiger partial charge in [0.1, 0.15) is 0 Å². The third-order valence-electron chi connectivity index (χ3n) is 5.25. The van der Waals surface area contributed by atoms with Gasteiger partial charge in [0.15, 0.2) is 0 Å². The predicted molar refractivity (Wildman–Crippen MR) is 119 cm³/mol. The molecule has 1 fully saturated rings. The number of hydrogen-bond acceptors (Lipinski definition) is 3. The highest BCUT2D eigenvalue weighted by molar-refractivity contribution is 6.42. The number of benzene rings is 3. The van der Waals surface area contributed by atoms with Gasteiger partial charge < -0.3 is 0 Å². The summed E-state index contributed by atoms with van der Waals surface area (Å²) in [6.07, 6.45) is 0. The fraction of sp³-hybridized carbons (Fsp3) is 0.261. The second-order valence-corrected chi connectivity index (χ2v) is 8.00. The molecule has 0 spiro atoms. The standard InChI is InChI=1S/C23H23Cl2N3/c1-17(19-9-10-22(24)23(25)15-19)26-28-13-11-27(12-14-28)16-20-7-4-6-18-5-2-3-8-21(18)20/h2-10,15H,11-14,16H2,1H3/b26-17-. The molecule has 1 aliphatic heterocycles.